The second-order valence-corrected chi connectivity index (χ2v) is 8.46. The summed E-state index contributed by atoms with van der Waals surface area (Å²) >= 11 is 0. The van der Waals surface area contributed by atoms with Gasteiger partial charge in [0.1, 0.15) is 0 Å². The average molecular weight is 471 g/mol. The SMILES string of the molecule is COc1ccc(C(=O)NCC2CCCC(CNC(=O)c3ccc(OC)c(OC)c3)C2)cc1OC. The van der Waals surface area contributed by atoms with Crippen molar-refractivity contribution in [2.75, 3.05) is 41.5 Å². The molecule has 2 aromatic carbocycles. The van der Waals surface area contributed by atoms with Crippen molar-refractivity contribution in [3.63, 3.8) is 0 Å². The largest absolute Gasteiger partial charge is 0.493 e. The summed E-state index contributed by atoms with van der Waals surface area (Å²) in [5, 5.41) is 6.09. The first-order chi connectivity index (χ1) is 16.5. The van der Waals surface area contributed by atoms with Gasteiger partial charge in [0.15, 0.2) is 23.0 Å². The molecule has 0 aliphatic heterocycles. The molecule has 2 aromatic rings. The maximum absolute atomic E-state index is 12.6. The van der Waals surface area contributed by atoms with Crippen LogP contribution in [-0.2, 0) is 0 Å². The fraction of sp³-hybridized carbons (Fsp3) is 0.462. The minimum Gasteiger partial charge on any atom is -0.493 e. The Morgan fingerprint density at radius 1 is 0.706 bits per heavy atom. The highest BCUT2D eigenvalue weighted by Crippen LogP contribution is 2.30. The molecule has 34 heavy (non-hydrogen) atoms. The monoisotopic (exact) mass is 470 g/mol. The number of hydrogen-bond acceptors (Lipinski definition) is 6. The van der Waals surface area contributed by atoms with E-state index in [0.29, 0.717) is 59.1 Å². The molecule has 3 rings (SSSR count). The Labute approximate surface area is 200 Å². The lowest BCUT2D eigenvalue weighted by Gasteiger charge is -2.29. The minimum absolute atomic E-state index is 0.134. The van der Waals surface area contributed by atoms with Gasteiger partial charge in [-0.25, -0.2) is 0 Å². The summed E-state index contributed by atoms with van der Waals surface area (Å²) in [7, 11) is 6.22. The molecule has 1 saturated carbocycles. The summed E-state index contributed by atoms with van der Waals surface area (Å²) in [5.41, 5.74) is 1.07. The number of amides is 2. The minimum atomic E-state index is -0.134. The summed E-state index contributed by atoms with van der Waals surface area (Å²) in [6, 6.07) is 10.3. The molecule has 1 fully saturated rings. The Balaban J connectivity index is 1.49. The molecule has 8 nitrogen and oxygen atoms in total. The van der Waals surface area contributed by atoms with Crippen molar-refractivity contribution in [2.45, 2.75) is 25.7 Å². The van der Waals surface area contributed by atoms with E-state index in [2.05, 4.69) is 10.6 Å². The van der Waals surface area contributed by atoms with Gasteiger partial charge in [-0.05, 0) is 67.5 Å². The first kappa shape index (κ1) is 25.2. The summed E-state index contributed by atoms with van der Waals surface area (Å²) < 4.78 is 21.0. The number of hydrogen-bond donors (Lipinski definition) is 2. The molecule has 2 N–H and O–H groups in total. The molecule has 1 aliphatic carbocycles. The Morgan fingerprint density at radius 2 is 1.12 bits per heavy atom. The average Bonchev–Trinajstić information content (AvgIpc) is 2.89. The number of benzene rings is 2. The van der Waals surface area contributed by atoms with E-state index in [1.807, 2.05) is 0 Å². The van der Waals surface area contributed by atoms with E-state index in [-0.39, 0.29) is 11.8 Å². The van der Waals surface area contributed by atoms with Crippen LogP contribution in [0, 0.1) is 11.8 Å². The van der Waals surface area contributed by atoms with Gasteiger partial charge in [-0.3, -0.25) is 9.59 Å². The van der Waals surface area contributed by atoms with E-state index in [4.69, 9.17) is 18.9 Å². The van der Waals surface area contributed by atoms with Crippen LogP contribution in [-0.4, -0.2) is 53.3 Å². The van der Waals surface area contributed by atoms with Crippen LogP contribution in [0.15, 0.2) is 36.4 Å². The Morgan fingerprint density at radius 3 is 1.50 bits per heavy atom. The third kappa shape index (κ3) is 6.34. The molecule has 0 spiro atoms. The molecule has 8 heteroatoms. The molecule has 2 unspecified atom stereocenters. The van der Waals surface area contributed by atoms with E-state index in [0.717, 1.165) is 25.7 Å². The van der Waals surface area contributed by atoms with E-state index < -0.39 is 0 Å². The van der Waals surface area contributed by atoms with Crippen LogP contribution in [0.25, 0.3) is 0 Å². The Bertz CT molecular complexity index is 916. The molecule has 2 amide bonds. The number of ether oxygens (including phenoxy) is 4. The number of methoxy groups -OCH3 is 4. The summed E-state index contributed by atoms with van der Waals surface area (Å²) in [5.74, 6) is 2.71. The van der Waals surface area contributed by atoms with Gasteiger partial charge < -0.3 is 29.6 Å². The van der Waals surface area contributed by atoms with Crippen LogP contribution in [0.2, 0.25) is 0 Å². The number of rotatable bonds is 10. The first-order valence-corrected chi connectivity index (χ1v) is 11.5. The van der Waals surface area contributed by atoms with Crippen LogP contribution >= 0.6 is 0 Å². The molecule has 0 saturated heterocycles. The number of nitrogens with one attached hydrogen (secondary N) is 2. The zero-order valence-electron chi connectivity index (χ0n) is 20.3. The molecular formula is C26H34N2O6. The molecular weight excluding hydrogens is 436 g/mol. The molecule has 0 heterocycles. The maximum atomic E-state index is 12.6. The van der Waals surface area contributed by atoms with Crippen molar-refractivity contribution in [2.24, 2.45) is 11.8 Å². The fourth-order valence-corrected chi connectivity index (χ4v) is 4.41. The lowest BCUT2D eigenvalue weighted by Crippen LogP contribution is -2.35. The van der Waals surface area contributed by atoms with Crippen LogP contribution in [0.1, 0.15) is 46.4 Å². The van der Waals surface area contributed by atoms with E-state index in [1.165, 1.54) is 0 Å². The van der Waals surface area contributed by atoms with Crippen molar-refractivity contribution >= 4 is 11.8 Å². The van der Waals surface area contributed by atoms with Crippen molar-refractivity contribution in [1.82, 2.24) is 10.6 Å². The second-order valence-electron chi connectivity index (χ2n) is 8.46. The van der Waals surface area contributed by atoms with Gasteiger partial charge in [-0.2, -0.15) is 0 Å². The summed E-state index contributed by atoms with van der Waals surface area (Å²) in [6.07, 6.45) is 4.16. The van der Waals surface area contributed by atoms with Crippen LogP contribution < -0.4 is 29.6 Å². The predicted molar refractivity (Wildman–Crippen MR) is 129 cm³/mol. The van der Waals surface area contributed by atoms with Gasteiger partial charge in [0.05, 0.1) is 28.4 Å². The van der Waals surface area contributed by atoms with Gasteiger partial charge in [-0.15, -0.1) is 0 Å². The molecule has 0 bridgehead atoms. The molecule has 1 aliphatic rings. The quantitative estimate of drug-likeness (QED) is 0.550. The Kier molecular flexibility index (Phi) is 9.01. The van der Waals surface area contributed by atoms with E-state index in [1.54, 1.807) is 64.8 Å². The third-order valence-electron chi connectivity index (χ3n) is 6.29. The highest BCUT2D eigenvalue weighted by molar-refractivity contribution is 5.95. The zero-order chi connectivity index (χ0) is 24.5. The van der Waals surface area contributed by atoms with Gasteiger partial charge in [0, 0.05) is 24.2 Å². The van der Waals surface area contributed by atoms with Crippen molar-refractivity contribution in [3.8, 4) is 23.0 Å². The van der Waals surface area contributed by atoms with Gasteiger partial charge >= 0.3 is 0 Å². The normalized spacial score (nSPS) is 17.4. The Hall–Kier alpha value is -3.42. The van der Waals surface area contributed by atoms with Crippen molar-refractivity contribution < 1.29 is 28.5 Å². The summed E-state index contributed by atoms with van der Waals surface area (Å²) in [6.45, 7) is 1.21. The van der Waals surface area contributed by atoms with Crippen molar-refractivity contribution in [3.05, 3.63) is 47.5 Å². The third-order valence-corrected chi connectivity index (χ3v) is 6.29. The molecule has 0 aromatic heterocycles. The van der Waals surface area contributed by atoms with Gasteiger partial charge in [0.25, 0.3) is 11.8 Å². The van der Waals surface area contributed by atoms with Gasteiger partial charge in [-0.1, -0.05) is 6.42 Å². The molecule has 2 atom stereocenters. The van der Waals surface area contributed by atoms with Crippen LogP contribution in [0.3, 0.4) is 0 Å². The smallest absolute Gasteiger partial charge is 0.251 e. The maximum Gasteiger partial charge on any atom is 0.251 e. The predicted octanol–water partition coefficient (Wildman–Crippen LogP) is 3.69. The lowest BCUT2D eigenvalue weighted by atomic mass is 9.81. The van der Waals surface area contributed by atoms with Crippen LogP contribution in [0.5, 0.6) is 23.0 Å². The van der Waals surface area contributed by atoms with Crippen molar-refractivity contribution in [1.29, 1.82) is 0 Å². The van der Waals surface area contributed by atoms with Gasteiger partial charge in [0.2, 0.25) is 0 Å². The highest BCUT2D eigenvalue weighted by Gasteiger charge is 2.23. The molecule has 0 radical (unpaired) electrons. The van der Waals surface area contributed by atoms with E-state index >= 15 is 0 Å². The van der Waals surface area contributed by atoms with E-state index in [9.17, 15) is 9.59 Å². The number of carbonyl (C=O) groups excluding carboxylic acids is 2. The lowest BCUT2D eigenvalue weighted by molar-refractivity contribution is 0.0935. The first-order valence-electron chi connectivity index (χ1n) is 11.5. The highest BCUT2D eigenvalue weighted by atomic mass is 16.5. The topological polar surface area (TPSA) is 95.1 Å². The standard InChI is InChI=1S/C26H34N2O6/c1-31-21-10-8-19(13-23(21)33-3)25(29)27-15-17-6-5-7-18(12-17)16-28-26(30)20-9-11-22(32-2)24(14-20)34-4/h8-11,13-14,17-18H,5-7,12,15-16H2,1-4H3,(H,27,29)(H,28,30). The zero-order valence-corrected chi connectivity index (χ0v) is 20.3. The fourth-order valence-electron chi connectivity index (χ4n) is 4.41. The van der Waals surface area contributed by atoms with Crippen LogP contribution in [0.4, 0.5) is 0 Å². The summed E-state index contributed by atoms with van der Waals surface area (Å²) in [4.78, 5) is 25.2. The number of carbonyl (C=O) groups is 2. The molecule has 184 valence electrons. The second kappa shape index (κ2) is 12.2.